The first-order chi connectivity index (χ1) is 15.0. The van der Waals surface area contributed by atoms with Crippen LogP contribution in [0.15, 0.2) is 24.4 Å². The number of piperidine rings is 1. The Kier molecular flexibility index (Phi) is 6.50. The molecular weight excluding hydrogens is 397 g/mol. The van der Waals surface area contributed by atoms with Gasteiger partial charge in [-0.2, -0.15) is 0 Å². The van der Waals surface area contributed by atoms with Gasteiger partial charge in [0.05, 0.1) is 5.56 Å². The Balaban J connectivity index is 1.60. The number of halogens is 1. The molecule has 0 aromatic carbocycles. The fourth-order valence-corrected chi connectivity index (χ4v) is 4.32. The fraction of sp³-hybridized carbons (Fsp3) is 0.500. The van der Waals surface area contributed by atoms with Gasteiger partial charge in [0.25, 0.3) is 5.91 Å². The van der Waals surface area contributed by atoms with Crippen molar-refractivity contribution in [2.24, 2.45) is 11.5 Å². The Morgan fingerprint density at radius 2 is 1.87 bits per heavy atom. The maximum absolute atomic E-state index is 14.7. The zero-order valence-corrected chi connectivity index (χ0v) is 17.6. The van der Waals surface area contributed by atoms with Gasteiger partial charge < -0.3 is 27.0 Å². The summed E-state index contributed by atoms with van der Waals surface area (Å²) in [5.74, 6) is -0.239. The third-order valence-corrected chi connectivity index (χ3v) is 6.07. The van der Waals surface area contributed by atoms with E-state index in [2.05, 4.69) is 25.5 Å². The molecule has 0 bridgehead atoms. The lowest BCUT2D eigenvalue weighted by molar-refractivity contribution is 0.100. The number of carbonyl (C=O) groups excluding carboxylic acids is 1. The maximum Gasteiger partial charge on any atom is 0.252 e. The first-order valence-corrected chi connectivity index (χ1v) is 11.0. The van der Waals surface area contributed by atoms with E-state index in [0.717, 1.165) is 63.5 Å². The molecule has 166 valence electrons. The number of nitrogens with two attached hydrogens (primary N) is 2. The largest absolute Gasteiger partial charge is 0.365 e. The minimum absolute atomic E-state index is 0.00710. The standard InChI is InChI=1S/C22H30FN7O/c23-16-13-15(20(25)31)21(29-22(16)28-18-7-3-2-6-17(18)24)27-14-8-9-26-19(12-14)30-10-4-1-5-11-30/h8-9,12-13,17-18H,1-7,10-11,24H2,(H2,25,31)(H2,26,27,28,29). The molecule has 2 aromatic heterocycles. The van der Waals surface area contributed by atoms with Crippen LogP contribution in [0, 0.1) is 5.82 Å². The summed E-state index contributed by atoms with van der Waals surface area (Å²) < 4.78 is 14.7. The monoisotopic (exact) mass is 427 g/mol. The van der Waals surface area contributed by atoms with Gasteiger partial charge in [-0.3, -0.25) is 4.79 Å². The van der Waals surface area contributed by atoms with Gasteiger partial charge >= 0.3 is 0 Å². The summed E-state index contributed by atoms with van der Waals surface area (Å²) in [6.07, 6.45) is 9.08. The van der Waals surface area contributed by atoms with Crippen LogP contribution in [-0.2, 0) is 0 Å². The van der Waals surface area contributed by atoms with Gasteiger partial charge in [0, 0.05) is 43.1 Å². The molecule has 2 atom stereocenters. The lowest BCUT2D eigenvalue weighted by Crippen LogP contribution is -2.43. The topological polar surface area (TPSA) is 122 Å². The van der Waals surface area contributed by atoms with Crippen molar-refractivity contribution in [3.8, 4) is 0 Å². The average molecular weight is 428 g/mol. The van der Waals surface area contributed by atoms with Gasteiger partial charge in [-0.1, -0.05) is 12.8 Å². The van der Waals surface area contributed by atoms with Crippen molar-refractivity contribution < 1.29 is 9.18 Å². The van der Waals surface area contributed by atoms with Gasteiger partial charge in [0.1, 0.15) is 11.6 Å². The van der Waals surface area contributed by atoms with Crippen molar-refractivity contribution in [1.29, 1.82) is 0 Å². The van der Waals surface area contributed by atoms with E-state index in [-0.39, 0.29) is 29.3 Å². The summed E-state index contributed by atoms with van der Waals surface area (Å²) >= 11 is 0. The highest BCUT2D eigenvalue weighted by atomic mass is 19.1. The number of nitrogens with zero attached hydrogens (tertiary/aromatic N) is 3. The third-order valence-electron chi connectivity index (χ3n) is 6.07. The molecule has 1 aliphatic carbocycles. The van der Waals surface area contributed by atoms with Crippen molar-refractivity contribution in [3.05, 3.63) is 35.8 Å². The number of aromatic nitrogens is 2. The predicted octanol–water partition coefficient (Wildman–Crippen LogP) is 3.13. The molecule has 1 saturated heterocycles. The van der Waals surface area contributed by atoms with Crippen LogP contribution in [0.3, 0.4) is 0 Å². The van der Waals surface area contributed by atoms with E-state index in [1.165, 1.54) is 6.42 Å². The van der Waals surface area contributed by atoms with Crippen LogP contribution in [0.1, 0.15) is 55.3 Å². The normalized spacial score (nSPS) is 21.5. The minimum atomic E-state index is -0.750. The Bertz CT molecular complexity index is 932. The molecule has 2 unspecified atom stereocenters. The highest BCUT2D eigenvalue weighted by Gasteiger charge is 2.24. The molecule has 1 saturated carbocycles. The van der Waals surface area contributed by atoms with Crippen LogP contribution in [0.4, 0.5) is 27.5 Å². The smallest absolute Gasteiger partial charge is 0.252 e. The fourth-order valence-electron chi connectivity index (χ4n) is 4.32. The van der Waals surface area contributed by atoms with Crippen LogP contribution in [0.25, 0.3) is 0 Å². The molecule has 6 N–H and O–H groups in total. The molecule has 1 aliphatic heterocycles. The first kappa shape index (κ1) is 21.3. The van der Waals surface area contributed by atoms with E-state index in [1.807, 2.05) is 6.07 Å². The highest BCUT2D eigenvalue weighted by Crippen LogP contribution is 2.28. The zero-order chi connectivity index (χ0) is 21.8. The number of hydrogen-bond acceptors (Lipinski definition) is 7. The van der Waals surface area contributed by atoms with E-state index in [1.54, 1.807) is 12.3 Å². The summed E-state index contributed by atoms with van der Waals surface area (Å²) in [6.45, 7) is 1.93. The number of carbonyl (C=O) groups is 1. The molecule has 0 radical (unpaired) electrons. The molecule has 4 rings (SSSR count). The summed E-state index contributed by atoms with van der Waals surface area (Å²) in [4.78, 5) is 23.0. The first-order valence-electron chi connectivity index (χ1n) is 11.0. The minimum Gasteiger partial charge on any atom is -0.365 e. The van der Waals surface area contributed by atoms with Crippen LogP contribution in [0.5, 0.6) is 0 Å². The van der Waals surface area contributed by atoms with Crippen molar-refractivity contribution >= 4 is 29.0 Å². The average Bonchev–Trinajstić information content (AvgIpc) is 2.78. The third kappa shape index (κ3) is 5.04. The Morgan fingerprint density at radius 1 is 1.10 bits per heavy atom. The van der Waals surface area contributed by atoms with Gasteiger partial charge in [-0.15, -0.1) is 0 Å². The highest BCUT2D eigenvalue weighted by molar-refractivity contribution is 5.98. The number of rotatable bonds is 6. The Morgan fingerprint density at radius 3 is 2.61 bits per heavy atom. The van der Waals surface area contributed by atoms with Gasteiger partial charge in [0.2, 0.25) is 0 Å². The molecule has 31 heavy (non-hydrogen) atoms. The molecular formula is C22H30FN7O. The molecule has 8 nitrogen and oxygen atoms in total. The molecule has 1 amide bonds. The van der Waals surface area contributed by atoms with Crippen molar-refractivity contribution in [2.45, 2.75) is 57.0 Å². The van der Waals surface area contributed by atoms with E-state index in [0.29, 0.717) is 5.69 Å². The number of primary amides is 1. The Hall–Kier alpha value is -2.94. The second-order valence-corrected chi connectivity index (χ2v) is 8.35. The number of pyridine rings is 2. The summed E-state index contributed by atoms with van der Waals surface area (Å²) in [6, 6.07) is 4.70. The lowest BCUT2D eigenvalue weighted by Gasteiger charge is -2.30. The van der Waals surface area contributed by atoms with E-state index in [9.17, 15) is 9.18 Å². The van der Waals surface area contributed by atoms with Gasteiger partial charge in [0.15, 0.2) is 11.6 Å². The molecule has 2 aromatic rings. The molecule has 0 spiro atoms. The van der Waals surface area contributed by atoms with Gasteiger partial charge in [-0.05, 0) is 44.2 Å². The quantitative estimate of drug-likeness (QED) is 0.559. The second kappa shape index (κ2) is 9.47. The van der Waals surface area contributed by atoms with Crippen molar-refractivity contribution in [3.63, 3.8) is 0 Å². The van der Waals surface area contributed by atoms with Crippen molar-refractivity contribution in [1.82, 2.24) is 9.97 Å². The van der Waals surface area contributed by atoms with Crippen molar-refractivity contribution in [2.75, 3.05) is 28.6 Å². The second-order valence-electron chi connectivity index (χ2n) is 8.35. The number of anilines is 4. The lowest BCUT2D eigenvalue weighted by atomic mass is 9.91. The number of nitrogens with one attached hydrogen (secondary N) is 2. The molecule has 2 aliphatic rings. The molecule has 3 heterocycles. The van der Waals surface area contributed by atoms with Gasteiger partial charge in [-0.25, -0.2) is 14.4 Å². The molecule has 2 fully saturated rings. The van der Waals surface area contributed by atoms with Crippen LogP contribution >= 0.6 is 0 Å². The SMILES string of the molecule is NC(=O)c1cc(F)c(NC2CCCCC2N)nc1Nc1ccnc(N2CCCCC2)c1. The summed E-state index contributed by atoms with van der Waals surface area (Å²) in [5.41, 5.74) is 12.4. The number of hydrogen-bond donors (Lipinski definition) is 4. The summed E-state index contributed by atoms with van der Waals surface area (Å²) in [7, 11) is 0. The zero-order valence-electron chi connectivity index (χ0n) is 17.6. The van der Waals surface area contributed by atoms with Crippen LogP contribution in [0.2, 0.25) is 0 Å². The predicted molar refractivity (Wildman–Crippen MR) is 120 cm³/mol. The molecule has 9 heteroatoms. The van der Waals surface area contributed by atoms with E-state index < -0.39 is 11.7 Å². The van der Waals surface area contributed by atoms with E-state index in [4.69, 9.17) is 11.5 Å². The van der Waals surface area contributed by atoms with Crippen LogP contribution < -0.4 is 27.0 Å². The Labute approximate surface area is 181 Å². The number of amides is 1. The van der Waals surface area contributed by atoms with E-state index >= 15 is 0 Å². The summed E-state index contributed by atoms with van der Waals surface area (Å²) in [5, 5.41) is 6.26. The van der Waals surface area contributed by atoms with Crippen LogP contribution in [-0.4, -0.2) is 41.0 Å². The maximum atomic E-state index is 14.7.